The van der Waals surface area contributed by atoms with Gasteiger partial charge in [0.2, 0.25) is 0 Å². The Kier molecular flexibility index (Phi) is 8.79. The maximum absolute atomic E-state index is 11.5. The molecule has 0 bridgehead atoms. The maximum atomic E-state index is 11.5. The molecular weight excluding hydrogens is 392 g/mol. The summed E-state index contributed by atoms with van der Waals surface area (Å²) in [4.78, 5) is 11.5. The molecule has 0 unspecified atom stereocenters. The zero-order chi connectivity index (χ0) is 19.7. The van der Waals surface area contributed by atoms with Crippen molar-refractivity contribution in [2.45, 2.75) is 27.7 Å². The first-order valence-corrected chi connectivity index (χ1v) is 9.44. The molecule has 2 heterocycles. The van der Waals surface area contributed by atoms with Gasteiger partial charge in [0.15, 0.2) is 0 Å². The number of rotatable bonds is 3. The fourth-order valence-electron chi connectivity index (χ4n) is 2.34. The SMILES string of the molecule is CC.CC.COC(=O)c1ccc(C(=N)c2ccc3c(Br)cccn23)cc1. The van der Waals surface area contributed by atoms with Crippen LogP contribution in [0.25, 0.3) is 5.52 Å². The van der Waals surface area contributed by atoms with Crippen LogP contribution in [0.4, 0.5) is 0 Å². The van der Waals surface area contributed by atoms with E-state index in [2.05, 4.69) is 20.7 Å². The summed E-state index contributed by atoms with van der Waals surface area (Å²) >= 11 is 3.51. The Morgan fingerprint density at radius 2 is 1.54 bits per heavy atom. The molecule has 1 aromatic carbocycles. The number of carbonyl (C=O) groups is 1. The third kappa shape index (κ3) is 4.61. The van der Waals surface area contributed by atoms with Crippen LogP contribution in [-0.2, 0) is 4.74 Å². The lowest BCUT2D eigenvalue weighted by molar-refractivity contribution is 0.0600. The summed E-state index contributed by atoms with van der Waals surface area (Å²) in [7, 11) is 1.35. The molecule has 0 spiro atoms. The van der Waals surface area contributed by atoms with Crippen molar-refractivity contribution in [2.75, 3.05) is 7.11 Å². The molecule has 138 valence electrons. The van der Waals surface area contributed by atoms with E-state index in [1.165, 1.54) is 7.11 Å². The number of aromatic nitrogens is 1. The molecule has 3 aromatic rings. The van der Waals surface area contributed by atoms with Gasteiger partial charge < -0.3 is 9.14 Å². The molecule has 0 fully saturated rings. The molecule has 1 N–H and O–H groups in total. The lowest BCUT2D eigenvalue weighted by atomic mass is 10.1. The number of benzene rings is 1. The van der Waals surface area contributed by atoms with E-state index in [4.69, 9.17) is 5.41 Å². The standard InChI is InChI=1S/C17H13BrN2O2.2C2H6/c1-22-17(21)12-6-4-11(5-7-12)16(19)15-9-8-14-13(18)3-2-10-20(14)15;2*1-2/h2-10,19H,1H3;2*1-2H3. The molecule has 4 nitrogen and oxygen atoms in total. The summed E-state index contributed by atoms with van der Waals surface area (Å²) in [5, 5.41) is 8.41. The van der Waals surface area contributed by atoms with E-state index in [0.29, 0.717) is 11.3 Å². The molecule has 5 heteroatoms. The Labute approximate surface area is 163 Å². The lowest BCUT2D eigenvalue weighted by Gasteiger charge is -2.07. The van der Waals surface area contributed by atoms with Crippen LogP contribution in [0.1, 0.15) is 49.3 Å². The predicted octanol–water partition coefficient (Wildman–Crippen LogP) is 5.96. The molecule has 0 saturated heterocycles. The van der Waals surface area contributed by atoms with Crippen LogP contribution in [0.3, 0.4) is 0 Å². The first kappa shape index (κ1) is 21.6. The number of esters is 1. The molecule has 0 saturated carbocycles. The van der Waals surface area contributed by atoms with Gasteiger partial charge in [-0.1, -0.05) is 39.8 Å². The number of nitrogens with zero attached hydrogens (tertiary/aromatic N) is 1. The Hall–Kier alpha value is -2.40. The number of hydrogen-bond donors (Lipinski definition) is 1. The molecule has 0 aliphatic heterocycles. The summed E-state index contributed by atoms with van der Waals surface area (Å²) in [6.45, 7) is 8.00. The van der Waals surface area contributed by atoms with E-state index in [-0.39, 0.29) is 5.97 Å². The van der Waals surface area contributed by atoms with Crippen molar-refractivity contribution >= 4 is 33.1 Å². The van der Waals surface area contributed by atoms with Crippen LogP contribution in [-0.4, -0.2) is 23.2 Å². The van der Waals surface area contributed by atoms with Gasteiger partial charge in [0.1, 0.15) is 0 Å². The second kappa shape index (κ2) is 10.6. The van der Waals surface area contributed by atoms with Gasteiger partial charge >= 0.3 is 5.97 Å². The molecule has 0 amide bonds. The number of fused-ring (bicyclic) bond motifs is 1. The van der Waals surface area contributed by atoms with E-state index in [9.17, 15) is 4.79 Å². The van der Waals surface area contributed by atoms with Crippen LogP contribution in [0, 0.1) is 5.41 Å². The molecule has 3 rings (SSSR count). The fourth-order valence-corrected chi connectivity index (χ4v) is 2.82. The van der Waals surface area contributed by atoms with Crippen molar-refractivity contribution in [3.8, 4) is 0 Å². The number of methoxy groups -OCH3 is 1. The van der Waals surface area contributed by atoms with Gasteiger partial charge in [0.05, 0.1) is 29.6 Å². The zero-order valence-electron chi connectivity index (χ0n) is 15.8. The van der Waals surface area contributed by atoms with E-state index >= 15 is 0 Å². The van der Waals surface area contributed by atoms with Crippen LogP contribution >= 0.6 is 15.9 Å². The van der Waals surface area contributed by atoms with E-state index in [1.54, 1.807) is 24.3 Å². The molecule has 0 radical (unpaired) electrons. The van der Waals surface area contributed by atoms with E-state index < -0.39 is 0 Å². The Balaban J connectivity index is 0.000000791. The highest BCUT2D eigenvalue weighted by atomic mass is 79.9. The first-order chi connectivity index (χ1) is 12.6. The number of ether oxygens (including phenoxy) is 1. The third-order valence-electron chi connectivity index (χ3n) is 3.49. The van der Waals surface area contributed by atoms with Crippen molar-refractivity contribution in [3.63, 3.8) is 0 Å². The van der Waals surface area contributed by atoms with Crippen molar-refractivity contribution in [3.05, 3.63) is 76.0 Å². The third-order valence-corrected chi connectivity index (χ3v) is 4.16. The normalized spacial score (nSPS) is 9.46. The largest absolute Gasteiger partial charge is 0.465 e. The van der Waals surface area contributed by atoms with Crippen molar-refractivity contribution < 1.29 is 9.53 Å². The number of hydrogen-bond acceptors (Lipinski definition) is 3. The van der Waals surface area contributed by atoms with Gasteiger partial charge in [-0.2, -0.15) is 0 Å². The van der Waals surface area contributed by atoms with Gasteiger partial charge in [0.25, 0.3) is 0 Å². The highest BCUT2D eigenvalue weighted by molar-refractivity contribution is 9.10. The Morgan fingerprint density at radius 1 is 0.962 bits per heavy atom. The van der Waals surface area contributed by atoms with Gasteiger partial charge in [-0.15, -0.1) is 0 Å². The number of nitrogens with one attached hydrogen (secondary N) is 1. The first-order valence-electron chi connectivity index (χ1n) is 8.65. The van der Waals surface area contributed by atoms with Gasteiger partial charge in [0, 0.05) is 16.2 Å². The molecular formula is C21H25BrN2O2. The quantitative estimate of drug-likeness (QED) is 0.423. The smallest absolute Gasteiger partial charge is 0.337 e. The minimum absolute atomic E-state index is 0.379. The summed E-state index contributed by atoms with van der Waals surface area (Å²) in [5.74, 6) is -0.379. The van der Waals surface area contributed by atoms with Crippen molar-refractivity contribution in [2.24, 2.45) is 0 Å². The van der Waals surface area contributed by atoms with Crippen LogP contribution < -0.4 is 0 Å². The summed E-state index contributed by atoms with van der Waals surface area (Å²) in [6.07, 6.45) is 1.92. The van der Waals surface area contributed by atoms with E-state index in [0.717, 1.165) is 21.2 Å². The molecule has 0 aliphatic rings. The topological polar surface area (TPSA) is 54.6 Å². The number of carbonyl (C=O) groups excluding carboxylic acids is 1. The summed E-state index contributed by atoms with van der Waals surface area (Å²) < 4.78 is 7.62. The highest BCUT2D eigenvalue weighted by Crippen LogP contribution is 2.22. The molecule has 2 aromatic heterocycles. The second-order valence-corrected chi connectivity index (χ2v) is 5.63. The van der Waals surface area contributed by atoms with Crippen LogP contribution in [0.15, 0.2) is 59.2 Å². The van der Waals surface area contributed by atoms with Gasteiger partial charge in [-0.05, 0) is 52.3 Å². The van der Waals surface area contributed by atoms with Crippen LogP contribution in [0.2, 0.25) is 0 Å². The average molecular weight is 417 g/mol. The monoisotopic (exact) mass is 416 g/mol. The molecule has 26 heavy (non-hydrogen) atoms. The Bertz CT molecular complexity index is 867. The summed E-state index contributed by atoms with van der Waals surface area (Å²) in [6, 6.07) is 14.6. The fraction of sp³-hybridized carbons (Fsp3) is 0.238. The van der Waals surface area contributed by atoms with Crippen molar-refractivity contribution in [1.29, 1.82) is 5.41 Å². The number of pyridine rings is 1. The van der Waals surface area contributed by atoms with Gasteiger partial charge in [-0.25, -0.2) is 4.79 Å². The van der Waals surface area contributed by atoms with E-state index in [1.807, 2.05) is 62.6 Å². The van der Waals surface area contributed by atoms with Crippen LogP contribution in [0.5, 0.6) is 0 Å². The Morgan fingerprint density at radius 3 is 2.12 bits per heavy atom. The predicted molar refractivity (Wildman–Crippen MR) is 112 cm³/mol. The summed E-state index contributed by atoms with van der Waals surface area (Å²) in [5.41, 5.74) is 3.42. The zero-order valence-corrected chi connectivity index (χ0v) is 17.4. The highest BCUT2D eigenvalue weighted by Gasteiger charge is 2.12. The number of halogens is 1. The molecule has 0 aliphatic carbocycles. The maximum Gasteiger partial charge on any atom is 0.337 e. The minimum Gasteiger partial charge on any atom is -0.465 e. The second-order valence-electron chi connectivity index (χ2n) is 4.77. The van der Waals surface area contributed by atoms with Crippen molar-refractivity contribution in [1.82, 2.24) is 4.40 Å². The lowest BCUT2D eigenvalue weighted by Crippen LogP contribution is -2.06. The van der Waals surface area contributed by atoms with Gasteiger partial charge in [-0.3, -0.25) is 5.41 Å². The minimum atomic E-state index is -0.379. The molecule has 0 atom stereocenters. The average Bonchev–Trinajstić information content (AvgIpc) is 3.15.